The van der Waals surface area contributed by atoms with Gasteiger partial charge in [0.15, 0.2) is 0 Å². The zero-order chi connectivity index (χ0) is 12.1. The first-order valence-electron chi connectivity index (χ1n) is 5.47. The molecule has 0 unspecified atom stereocenters. The molecule has 0 aromatic heterocycles. The van der Waals surface area contributed by atoms with E-state index < -0.39 is 5.97 Å². The van der Waals surface area contributed by atoms with Gasteiger partial charge in [-0.15, -0.1) is 11.8 Å². The number of carboxylic acid groups (broad SMARTS) is 1. The van der Waals surface area contributed by atoms with Crippen LogP contribution in [0, 0.1) is 12.8 Å². The first-order valence-corrected chi connectivity index (χ1v) is 6.46. The Kier molecular flexibility index (Phi) is 4.87. The molecular formula is C13H18O2S. The van der Waals surface area contributed by atoms with Crippen LogP contribution in [-0.2, 0) is 0 Å². The molecule has 0 aliphatic carbocycles. The van der Waals surface area contributed by atoms with Crippen molar-refractivity contribution in [2.24, 2.45) is 5.92 Å². The summed E-state index contributed by atoms with van der Waals surface area (Å²) in [5.41, 5.74) is 1.52. The summed E-state index contributed by atoms with van der Waals surface area (Å²) >= 11 is 1.64. The summed E-state index contributed by atoms with van der Waals surface area (Å²) in [5.74, 6) is 0.791. The fourth-order valence-electron chi connectivity index (χ4n) is 1.33. The van der Waals surface area contributed by atoms with Gasteiger partial charge >= 0.3 is 5.97 Å². The fraction of sp³-hybridized carbons (Fsp3) is 0.462. The van der Waals surface area contributed by atoms with Gasteiger partial charge in [0.1, 0.15) is 0 Å². The van der Waals surface area contributed by atoms with E-state index in [0.717, 1.165) is 22.6 Å². The number of aromatic carboxylic acids is 1. The molecule has 1 aromatic carbocycles. The zero-order valence-electron chi connectivity index (χ0n) is 9.99. The lowest BCUT2D eigenvalue weighted by molar-refractivity contribution is 0.0693. The molecule has 0 fully saturated rings. The Balaban J connectivity index is 2.76. The van der Waals surface area contributed by atoms with Crippen molar-refractivity contribution < 1.29 is 9.90 Å². The van der Waals surface area contributed by atoms with Crippen LogP contribution in [0.5, 0.6) is 0 Å². The number of rotatable bonds is 5. The SMILES string of the molecule is Cc1ccc(C(=O)O)c(SCCC(C)C)c1. The molecule has 0 bridgehead atoms. The third-order valence-corrected chi connectivity index (χ3v) is 3.41. The molecule has 0 radical (unpaired) electrons. The number of hydrogen-bond donors (Lipinski definition) is 1. The third kappa shape index (κ3) is 3.89. The van der Waals surface area contributed by atoms with Crippen LogP contribution in [0.4, 0.5) is 0 Å². The van der Waals surface area contributed by atoms with Gasteiger partial charge < -0.3 is 5.11 Å². The van der Waals surface area contributed by atoms with Gasteiger partial charge in [0, 0.05) is 4.90 Å². The molecule has 88 valence electrons. The predicted molar refractivity (Wildman–Crippen MR) is 68.3 cm³/mol. The molecule has 0 aliphatic rings. The Morgan fingerprint density at radius 2 is 2.12 bits per heavy atom. The van der Waals surface area contributed by atoms with Gasteiger partial charge in [-0.2, -0.15) is 0 Å². The minimum absolute atomic E-state index is 0.416. The van der Waals surface area contributed by atoms with Crippen molar-refractivity contribution in [2.75, 3.05) is 5.75 Å². The van der Waals surface area contributed by atoms with Gasteiger partial charge in [-0.25, -0.2) is 4.79 Å². The van der Waals surface area contributed by atoms with Crippen LogP contribution in [-0.4, -0.2) is 16.8 Å². The van der Waals surface area contributed by atoms with Crippen LogP contribution in [0.2, 0.25) is 0 Å². The predicted octanol–water partition coefficient (Wildman–Crippen LogP) is 3.83. The van der Waals surface area contributed by atoms with Crippen molar-refractivity contribution in [2.45, 2.75) is 32.1 Å². The van der Waals surface area contributed by atoms with Crippen LogP contribution in [0.25, 0.3) is 0 Å². The Labute approximate surface area is 101 Å². The molecule has 0 saturated heterocycles. The van der Waals surface area contributed by atoms with E-state index in [0.29, 0.717) is 11.5 Å². The van der Waals surface area contributed by atoms with E-state index in [1.54, 1.807) is 17.8 Å². The van der Waals surface area contributed by atoms with E-state index in [2.05, 4.69) is 13.8 Å². The molecule has 1 N–H and O–H groups in total. The first kappa shape index (κ1) is 13.1. The lowest BCUT2D eigenvalue weighted by atomic mass is 10.1. The first-order chi connectivity index (χ1) is 7.50. The van der Waals surface area contributed by atoms with Gasteiger partial charge in [-0.3, -0.25) is 0 Å². The van der Waals surface area contributed by atoms with Crippen molar-refractivity contribution >= 4 is 17.7 Å². The smallest absolute Gasteiger partial charge is 0.336 e. The Bertz CT molecular complexity index is 372. The molecule has 0 spiro atoms. The fourth-order valence-corrected chi connectivity index (χ4v) is 2.72. The maximum Gasteiger partial charge on any atom is 0.336 e. The minimum Gasteiger partial charge on any atom is -0.478 e. The van der Waals surface area contributed by atoms with E-state index in [4.69, 9.17) is 5.11 Å². The van der Waals surface area contributed by atoms with Gasteiger partial charge in [0.05, 0.1) is 5.56 Å². The van der Waals surface area contributed by atoms with E-state index in [1.165, 1.54) is 0 Å². The van der Waals surface area contributed by atoms with E-state index in [-0.39, 0.29) is 0 Å². The normalized spacial score (nSPS) is 10.8. The summed E-state index contributed by atoms with van der Waals surface area (Å²) in [7, 11) is 0. The maximum absolute atomic E-state index is 11.0. The Hall–Kier alpha value is -0.960. The number of aryl methyl sites for hydroxylation is 1. The van der Waals surface area contributed by atoms with Crippen molar-refractivity contribution in [1.29, 1.82) is 0 Å². The third-order valence-electron chi connectivity index (χ3n) is 2.32. The quantitative estimate of drug-likeness (QED) is 0.792. The minimum atomic E-state index is -0.841. The molecule has 0 saturated carbocycles. The molecular weight excluding hydrogens is 220 g/mol. The van der Waals surface area contributed by atoms with Crippen molar-refractivity contribution in [3.05, 3.63) is 29.3 Å². The molecule has 0 aliphatic heterocycles. The average Bonchev–Trinajstić information content (AvgIpc) is 2.16. The summed E-state index contributed by atoms with van der Waals surface area (Å²) in [6, 6.07) is 5.49. The number of carboxylic acids is 1. The van der Waals surface area contributed by atoms with Crippen LogP contribution < -0.4 is 0 Å². The topological polar surface area (TPSA) is 37.3 Å². The molecule has 16 heavy (non-hydrogen) atoms. The molecule has 0 heterocycles. The summed E-state index contributed by atoms with van der Waals surface area (Å²) in [5, 5.41) is 9.05. The number of hydrogen-bond acceptors (Lipinski definition) is 2. The second-order valence-corrected chi connectivity index (χ2v) is 5.47. The number of benzene rings is 1. The monoisotopic (exact) mass is 238 g/mol. The van der Waals surface area contributed by atoms with Gasteiger partial charge in [0.2, 0.25) is 0 Å². The molecule has 2 nitrogen and oxygen atoms in total. The van der Waals surface area contributed by atoms with Crippen molar-refractivity contribution in [3.8, 4) is 0 Å². The van der Waals surface area contributed by atoms with E-state index in [9.17, 15) is 4.79 Å². The summed E-state index contributed by atoms with van der Waals surface area (Å²) in [4.78, 5) is 11.9. The molecule has 3 heteroatoms. The highest BCUT2D eigenvalue weighted by Gasteiger charge is 2.10. The highest BCUT2D eigenvalue weighted by atomic mass is 32.2. The summed E-state index contributed by atoms with van der Waals surface area (Å²) in [6.45, 7) is 6.34. The molecule has 1 aromatic rings. The highest BCUT2D eigenvalue weighted by Crippen LogP contribution is 2.25. The van der Waals surface area contributed by atoms with Crippen LogP contribution >= 0.6 is 11.8 Å². The largest absolute Gasteiger partial charge is 0.478 e. The van der Waals surface area contributed by atoms with Crippen molar-refractivity contribution in [3.63, 3.8) is 0 Å². The lowest BCUT2D eigenvalue weighted by Crippen LogP contribution is -2.00. The Morgan fingerprint density at radius 1 is 1.44 bits per heavy atom. The van der Waals surface area contributed by atoms with Gasteiger partial charge in [0.25, 0.3) is 0 Å². The van der Waals surface area contributed by atoms with Crippen LogP contribution in [0.15, 0.2) is 23.1 Å². The molecule has 0 amide bonds. The molecule has 1 rings (SSSR count). The Morgan fingerprint density at radius 3 is 2.69 bits per heavy atom. The highest BCUT2D eigenvalue weighted by molar-refractivity contribution is 7.99. The number of thioether (sulfide) groups is 1. The average molecular weight is 238 g/mol. The standard InChI is InChI=1S/C13H18O2S/c1-9(2)6-7-16-12-8-10(3)4-5-11(12)13(14)15/h4-5,8-9H,6-7H2,1-3H3,(H,14,15). The van der Waals surface area contributed by atoms with E-state index in [1.807, 2.05) is 19.1 Å². The lowest BCUT2D eigenvalue weighted by Gasteiger charge is -2.08. The van der Waals surface area contributed by atoms with Crippen molar-refractivity contribution in [1.82, 2.24) is 0 Å². The molecule has 0 atom stereocenters. The van der Waals surface area contributed by atoms with E-state index >= 15 is 0 Å². The number of carbonyl (C=O) groups is 1. The zero-order valence-corrected chi connectivity index (χ0v) is 10.8. The maximum atomic E-state index is 11.0. The summed E-state index contributed by atoms with van der Waals surface area (Å²) < 4.78 is 0. The van der Waals surface area contributed by atoms with Crippen LogP contribution in [0.1, 0.15) is 36.2 Å². The summed E-state index contributed by atoms with van der Waals surface area (Å²) in [6.07, 6.45) is 1.11. The van der Waals surface area contributed by atoms with Gasteiger partial charge in [-0.05, 0) is 42.7 Å². The van der Waals surface area contributed by atoms with Crippen LogP contribution in [0.3, 0.4) is 0 Å². The van der Waals surface area contributed by atoms with Gasteiger partial charge in [-0.1, -0.05) is 19.9 Å². The second kappa shape index (κ2) is 5.94. The second-order valence-electron chi connectivity index (χ2n) is 4.34.